The zero-order chi connectivity index (χ0) is 19.0. The number of carbonyl (C=O) groups is 1. The van der Waals surface area contributed by atoms with Crippen LogP contribution in [-0.4, -0.2) is 35.8 Å². The Balaban J connectivity index is 1.69. The molecule has 0 bridgehead atoms. The number of nitro groups is 1. The number of fused-ring (bicyclic) bond motifs is 1. The number of ether oxygens (including phenoxy) is 1. The molecule has 0 radical (unpaired) electrons. The van der Waals surface area contributed by atoms with Crippen LogP contribution in [-0.2, 0) is 24.3 Å². The molecule has 2 aromatic carbocycles. The van der Waals surface area contributed by atoms with E-state index in [1.54, 1.807) is 17.0 Å². The Morgan fingerprint density at radius 3 is 2.74 bits per heavy atom. The van der Waals surface area contributed by atoms with E-state index >= 15 is 0 Å². The highest BCUT2D eigenvalue weighted by Crippen LogP contribution is 2.36. The zero-order valence-corrected chi connectivity index (χ0v) is 14.6. The summed E-state index contributed by atoms with van der Waals surface area (Å²) < 4.78 is 5.05. The van der Waals surface area contributed by atoms with Gasteiger partial charge >= 0.3 is 6.09 Å². The van der Waals surface area contributed by atoms with Gasteiger partial charge in [0.25, 0.3) is 5.69 Å². The molecule has 2 aliphatic rings. The molecular weight excluding hydrogens is 350 g/mol. The minimum absolute atomic E-state index is 0.0231. The lowest BCUT2D eigenvalue weighted by Gasteiger charge is -2.32. The SMILES string of the molecule is O=C1OCCN1c1cccc2c1CCN(c1cc(CO)ccc1[N+](=O)[O-])C2. The van der Waals surface area contributed by atoms with Crippen LogP contribution in [0.25, 0.3) is 0 Å². The molecular formula is C19H19N3O5. The number of nitro benzene ring substituents is 1. The third kappa shape index (κ3) is 3.08. The van der Waals surface area contributed by atoms with E-state index < -0.39 is 4.92 Å². The molecule has 0 saturated carbocycles. The number of carbonyl (C=O) groups excluding carboxylic acids is 1. The first-order valence-corrected chi connectivity index (χ1v) is 8.76. The molecule has 0 aromatic heterocycles. The molecule has 8 nitrogen and oxygen atoms in total. The minimum atomic E-state index is -0.400. The first-order chi connectivity index (χ1) is 13.1. The van der Waals surface area contributed by atoms with Crippen molar-refractivity contribution in [3.63, 3.8) is 0 Å². The van der Waals surface area contributed by atoms with Crippen LogP contribution in [0.4, 0.5) is 21.9 Å². The van der Waals surface area contributed by atoms with Gasteiger partial charge in [-0.05, 0) is 41.3 Å². The van der Waals surface area contributed by atoms with Crippen molar-refractivity contribution in [3.8, 4) is 0 Å². The van der Waals surface area contributed by atoms with Crippen LogP contribution in [0.15, 0.2) is 36.4 Å². The second kappa shape index (κ2) is 6.88. The first-order valence-electron chi connectivity index (χ1n) is 8.76. The van der Waals surface area contributed by atoms with E-state index in [1.807, 2.05) is 23.1 Å². The maximum absolute atomic E-state index is 11.9. The number of anilines is 2. The maximum Gasteiger partial charge on any atom is 0.414 e. The number of hydrogen-bond donors (Lipinski definition) is 1. The largest absolute Gasteiger partial charge is 0.447 e. The summed E-state index contributed by atoms with van der Waals surface area (Å²) in [6.07, 6.45) is 0.326. The van der Waals surface area contributed by atoms with Crippen LogP contribution < -0.4 is 9.80 Å². The van der Waals surface area contributed by atoms with Gasteiger partial charge in [-0.15, -0.1) is 0 Å². The number of aliphatic hydroxyl groups excluding tert-OH is 1. The number of rotatable bonds is 4. The minimum Gasteiger partial charge on any atom is -0.447 e. The zero-order valence-electron chi connectivity index (χ0n) is 14.6. The van der Waals surface area contributed by atoms with Gasteiger partial charge in [-0.2, -0.15) is 0 Å². The normalized spacial score (nSPS) is 16.3. The number of benzene rings is 2. The average molecular weight is 369 g/mol. The first kappa shape index (κ1) is 17.3. The monoisotopic (exact) mass is 369 g/mol. The summed E-state index contributed by atoms with van der Waals surface area (Å²) in [5, 5.41) is 20.8. The second-order valence-electron chi connectivity index (χ2n) is 6.59. The number of amides is 1. The van der Waals surface area contributed by atoms with E-state index in [2.05, 4.69) is 0 Å². The summed E-state index contributed by atoms with van der Waals surface area (Å²) in [5.74, 6) is 0. The van der Waals surface area contributed by atoms with Gasteiger partial charge in [-0.3, -0.25) is 15.0 Å². The highest BCUT2D eigenvalue weighted by atomic mass is 16.6. The molecule has 2 aromatic rings. The van der Waals surface area contributed by atoms with Gasteiger partial charge in [0.05, 0.1) is 23.8 Å². The Morgan fingerprint density at radius 2 is 2.04 bits per heavy atom. The van der Waals surface area contributed by atoms with Gasteiger partial charge in [-0.25, -0.2) is 4.79 Å². The Morgan fingerprint density at radius 1 is 1.19 bits per heavy atom. The summed E-state index contributed by atoms with van der Waals surface area (Å²) in [4.78, 5) is 26.6. The molecule has 140 valence electrons. The van der Waals surface area contributed by atoms with E-state index in [4.69, 9.17) is 4.74 Å². The quantitative estimate of drug-likeness (QED) is 0.657. The van der Waals surface area contributed by atoms with Crippen molar-refractivity contribution < 1.29 is 19.6 Å². The molecule has 0 unspecified atom stereocenters. The van der Waals surface area contributed by atoms with Crippen molar-refractivity contribution in [1.29, 1.82) is 0 Å². The standard InChI is InChI=1S/C19H19N3O5/c23-12-13-4-5-17(22(25)26)18(10-13)20-7-6-15-14(11-20)2-1-3-16(15)21-8-9-27-19(21)24/h1-5,10,23H,6-9,11-12H2. The summed E-state index contributed by atoms with van der Waals surface area (Å²) in [6, 6.07) is 10.5. The van der Waals surface area contributed by atoms with Crippen LogP contribution in [0.1, 0.15) is 16.7 Å². The Bertz CT molecular complexity index is 914. The molecule has 1 N–H and O–H groups in total. The smallest absolute Gasteiger partial charge is 0.414 e. The van der Waals surface area contributed by atoms with Crippen LogP contribution >= 0.6 is 0 Å². The Kier molecular flexibility index (Phi) is 4.41. The fraction of sp³-hybridized carbons (Fsp3) is 0.316. The molecule has 1 saturated heterocycles. The van der Waals surface area contributed by atoms with Crippen molar-refractivity contribution in [2.75, 3.05) is 29.5 Å². The average Bonchev–Trinajstić information content (AvgIpc) is 3.12. The van der Waals surface area contributed by atoms with Gasteiger partial charge in [-0.1, -0.05) is 12.1 Å². The topological polar surface area (TPSA) is 96.2 Å². The second-order valence-corrected chi connectivity index (χ2v) is 6.59. The molecule has 4 rings (SSSR count). The van der Waals surface area contributed by atoms with Gasteiger partial charge in [0.2, 0.25) is 0 Å². The van der Waals surface area contributed by atoms with E-state index in [0.29, 0.717) is 43.9 Å². The summed E-state index contributed by atoms with van der Waals surface area (Å²) in [6.45, 7) is 1.83. The fourth-order valence-corrected chi connectivity index (χ4v) is 3.74. The molecule has 2 heterocycles. The molecule has 27 heavy (non-hydrogen) atoms. The van der Waals surface area contributed by atoms with Gasteiger partial charge in [0.1, 0.15) is 12.3 Å². The van der Waals surface area contributed by atoms with Crippen LogP contribution in [0, 0.1) is 10.1 Å². The van der Waals surface area contributed by atoms with E-state index in [-0.39, 0.29) is 18.4 Å². The number of nitrogens with zero attached hydrogens (tertiary/aromatic N) is 3. The molecule has 8 heteroatoms. The van der Waals surface area contributed by atoms with Gasteiger partial charge in [0.15, 0.2) is 0 Å². The van der Waals surface area contributed by atoms with Crippen molar-refractivity contribution >= 4 is 23.2 Å². The summed E-state index contributed by atoms with van der Waals surface area (Å²) in [7, 11) is 0. The van der Waals surface area contributed by atoms with Crippen molar-refractivity contribution in [2.24, 2.45) is 0 Å². The van der Waals surface area contributed by atoms with Crippen molar-refractivity contribution in [2.45, 2.75) is 19.6 Å². The van der Waals surface area contributed by atoms with Crippen molar-refractivity contribution in [3.05, 3.63) is 63.2 Å². The lowest BCUT2D eigenvalue weighted by atomic mass is 9.96. The molecule has 2 aliphatic heterocycles. The molecule has 0 aliphatic carbocycles. The number of hydrogen-bond acceptors (Lipinski definition) is 6. The molecule has 0 atom stereocenters. The van der Waals surface area contributed by atoms with E-state index in [9.17, 15) is 20.0 Å². The van der Waals surface area contributed by atoms with Gasteiger partial charge < -0.3 is 14.7 Å². The fourth-order valence-electron chi connectivity index (χ4n) is 3.74. The van der Waals surface area contributed by atoms with E-state index in [0.717, 1.165) is 16.8 Å². The lowest BCUT2D eigenvalue weighted by molar-refractivity contribution is -0.384. The van der Waals surface area contributed by atoms with Crippen LogP contribution in [0.5, 0.6) is 0 Å². The highest BCUT2D eigenvalue weighted by Gasteiger charge is 2.30. The van der Waals surface area contributed by atoms with Crippen LogP contribution in [0.2, 0.25) is 0 Å². The Hall–Kier alpha value is -3.13. The molecule has 0 spiro atoms. The van der Waals surface area contributed by atoms with Gasteiger partial charge in [0, 0.05) is 19.2 Å². The number of cyclic esters (lactones) is 1. The van der Waals surface area contributed by atoms with Crippen molar-refractivity contribution in [1.82, 2.24) is 0 Å². The summed E-state index contributed by atoms with van der Waals surface area (Å²) >= 11 is 0. The predicted octanol–water partition coefficient (Wildman–Crippen LogP) is 2.61. The Labute approximate surface area is 155 Å². The molecule has 1 fully saturated rings. The highest BCUT2D eigenvalue weighted by molar-refractivity contribution is 5.90. The molecule has 1 amide bonds. The lowest BCUT2D eigenvalue weighted by Crippen LogP contribution is -2.33. The third-order valence-electron chi connectivity index (χ3n) is 5.05. The number of aliphatic hydroxyl groups is 1. The summed E-state index contributed by atoms with van der Waals surface area (Å²) in [5.41, 5.74) is 4.12. The maximum atomic E-state index is 11.9. The predicted molar refractivity (Wildman–Crippen MR) is 98.9 cm³/mol. The van der Waals surface area contributed by atoms with Crippen LogP contribution in [0.3, 0.4) is 0 Å². The third-order valence-corrected chi connectivity index (χ3v) is 5.05. The van der Waals surface area contributed by atoms with E-state index in [1.165, 1.54) is 6.07 Å².